The molecule has 0 bridgehead atoms. The second-order valence-corrected chi connectivity index (χ2v) is 10.2. The lowest BCUT2D eigenvalue weighted by atomic mass is 9.96. The fourth-order valence-corrected chi connectivity index (χ4v) is 5.14. The second kappa shape index (κ2) is 10.3. The van der Waals surface area contributed by atoms with Gasteiger partial charge in [0.05, 0.1) is 4.90 Å². The van der Waals surface area contributed by atoms with Crippen LogP contribution >= 0.6 is 0 Å². The highest BCUT2D eigenvalue weighted by Crippen LogP contribution is 2.24. The molecule has 1 fully saturated rings. The maximum absolute atomic E-state index is 12.7. The van der Waals surface area contributed by atoms with Gasteiger partial charge in [0, 0.05) is 11.7 Å². The van der Waals surface area contributed by atoms with Crippen LogP contribution in [-0.4, -0.2) is 27.0 Å². The summed E-state index contributed by atoms with van der Waals surface area (Å²) in [5, 5.41) is 2.81. The molecule has 6 nitrogen and oxygen atoms in total. The minimum Gasteiger partial charge on any atom is -0.483 e. The Labute approximate surface area is 185 Å². The fraction of sp³-hybridized carbons (Fsp3) is 0.458. The number of nitrogens with one attached hydrogen (secondary N) is 2. The lowest BCUT2D eigenvalue weighted by Gasteiger charge is -2.22. The van der Waals surface area contributed by atoms with Crippen molar-refractivity contribution < 1.29 is 17.9 Å². The van der Waals surface area contributed by atoms with E-state index in [-0.39, 0.29) is 23.5 Å². The van der Waals surface area contributed by atoms with Gasteiger partial charge in [-0.3, -0.25) is 4.79 Å². The van der Waals surface area contributed by atoms with E-state index in [1.165, 1.54) is 18.1 Å². The average Bonchev–Trinajstić information content (AvgIpc) is 2.73. The van der Waals surface area contributed by atoms with Crippen LogP contribution in [0.15, 0.2) is 47.4 Å². The number of amides is 1. The van der Waals surface area contributed by atoms with E-state index in [9.17, 15) is 13.2 Å². The van der Waals surface area contributed by atoms with E-state index in [0.717, 1.165) is 25.7 Å². The summed E-state index contributed by atoms with van der Waals surface area (Å²) in [5.41, 5.74) is 2.59. The van der Waals surface area contributed by atoms with Gasteiger partial charge < -0.3 is 10.1 Å². The van der Waals surface area contributed by atoms with Gasteiger partial charge in [-0.1, -0.05) is 45.2 Å². The Hall–Kier alpha value is -2.38. The summed E-state index contributed by atoms with van der Waals surface area (Å²) in [4.78, 5) is 12.4. The van der Waals surface area contributed by atoms with Gasteiger partial charge in [-0.25, -0.2) is 13.1 Å². The van der Waals surface area contributed by atoms with Crippen molar-refractivity contribution in [3.63, 3.8) is 0 Å². The van der Waals surface area contributed by atoms with Gasteiger partial charge >= 0.3 is 0 Å². The number of carbonyl (C=O) groups is 1. The summed E-state index contributed by atoms with van der Waals surface area (Å²) in [6.45, 7) is 5.86. The third-order valence-electron chi connectivity index (χ3n) is 5.60. The third-order valence-corrected chi connectivity index (χ3v) is 7.12. The van der Waals surface area contributed by atoms with Crippen LogP contribution in [0.4, 0.5) is 5.69 Å². The molecule has 0 aromatic heterocycles. The quantitative estimate of drug-likeness (QED) is 0.615. The molecule has 0 unspecified atom stereocenters. The Morgan fingerprint density at radius 2 is 1.74 bits per heavy atom. The van der Waals surface area contributed by atoms with Gasteiger partial charge in [0.1, 0.15) is 5.75 Å². The summed E-state index contributed by atoms with van der Waals surface area (Å²) >= 11 is 0. The van der Waals surface area contributed by atoms with Crippen LogP contribution in [0, 0.1) is 6.92 Å². The molecule has 1 aliphatic rings. The van der Waals surface area contributed by atoms with Crippen molar-refractivity contribution in [2.24, 2.45) is 0 Å². The Morgan fingerprint density at radius 3 is 2.35 bits per heavy atom. The molecule has 1 amide bonds. The van der Waals surface area contributed by atoms with Gasteiger partial charge in [-0.2, -0.15) is 0 Å². The number of rotatable bonds is 8. The largest absolute Gasteiger partial charge is 0.483 e. The predicted molar refractivity (Wildman–Crippen MR) is 123 cm³/mol. The zero-order valence-electron chi connectivity index (χ0n) is 18.5. The minimum absolute atomic E-state index is 0.00767. The summed E-state index contributed by atoms with van der Waals surface area (Å²) in [6, 6.07) is 12.5. The first-order valence-electron chi connectivity index (χ1n) is 10.9. The molecule has 2 N–H and O–H groups in total. The number of ether oxygens (including phenoxy) is 1. The van der Waals surface area contributed by atoms with E-state index in [1.54, 1.807) is 19.1 Å². The molecule has 168 valence electrons. The Balaban J connectivity index is 1.56. The smallest absolute Gasteiger partial charge is 0.262 e. The molecule has 3 rings (SSSR count). The summed E-state index contributed by atoms with van der Waals surface area (Å²) < 4.78 is 33.8. The molecule has 0 heterocycles. The van der Waals surface area contributed by atoms with Crippen molar-refractivity contribution in [2.75, 3.05) is 11.9 Å². The number of benzene rings is 2. The normalized spacial score (nSPS) is 15.1. The highest BCUT2D eigenvalue weighted by atomic mass is 32.2. The second-order valence-electron chi connectivity index (χ2n) is 8.50. The number of aryl methyl sites for hydroxylation is 1. The summed E-state index contributed by atoms with van der Waals surface area (Å²) in [5.74, 6) is 0.648. The highest BCUT2D eigenvalue weighted by Gasteiger charge is 2.22. The molecule has 1 saturated carbocycles. The van der Waals surface area contributed by atoms with E-state index < -0.39 is 10.0 Å². The average molecular weight is 445 g/mol. The number of hydrogen-bond acceptors (Lipinski definition) is 4. The molecule has 0 spiro atoms. The predicted octanol–water partition coefficient (Wildman–Crippen LogP) is 4.75. The highest BCUT2D eigenvalue weighted by molar-refractivity contribution is 7.89. The van der Waals surface area contributed by atoms with E-state index >= 15 is 0 Å². The number of anilines is 1. The van der Waals surface area contributed by atoms with Crippen LogP contribution in [-0.2, 0) is 14.8 Å². The van der Waals surface area contributed by atoms with Crippen LogP contribution < -0.4 is 14.8 Å². The SMILES string of the molecule is Cc1cc(S(=O)(=O)NC2CCCCC2)ccc1OCC(=O)Nc1ccc(C(C)C)cc1. The molecule has 0 saturated heterocycles. The molecule has 7 heteroatoms. The van der Waals surface area contributed by atoms with Gasteiger partial charge in [-0.15, -0.1) is 0 Å². The van der Waals surface area contributed by atoms with E-state index in [4.69, 9.17) is 4.74 Å². The number of sulfonamides is 1. The van der Waals surface area contributed by atoms with Crippen molar-refractivity contribution in [3.05, 3.63) is 53.6 Å². The van der Waals surface area contributed by atoms with Gasteiger partial charge in [0.2, 0.25) is 10.0 Å². The molecule has 0 radical (unpaired) electrons. The Kier molecular flexibility index (Phi) is 7.73. The van der Waals surface area contributed by atoms with E-state index in [0.29, 0.717) is 22.9 Å². The first-order chi connectivity index (χ1) is 14.7. The van der Waals surface area contributed by atoms with Crippen molar-refractivity contribution >= 4 is 21.6 Å². The maximum atomic E-state index is 12.7. The molecular weight excluding hydrogens is 412 g/mol. The third kappa shape index (κ3) is 6.55. The fourth-order valence-electron chi connectivity index (χ4n) is 3.75. The Bertz CT molecular complexity index is 995. The van der Waals surface area contributed by atoms with E-state index in [1.807, 2.05) is 24.3 Å². The van der Waals surface area contributed by atoms with Crippen molar-refractivity contribution in [3.8, 4) is 5.75 Å². The molecule has 31 heavy (non-hydrogen) atoms. The van der Waals surface area contributed by atoms with E-state index in [2.05, 4.69) is 23.9 Å². The molecule has 0 aliphatic heterocycles. The molecule has 2 aromatic carbocycles. The topological polar surface area (TPSA) is 84.5 Å². The van der Waals surface area contributed by atoms with Gasteiger partial charge in [-0.05, 0) is 67.1 Å². The van der Waals surface area contributed by atoms with Crippen LogP contribution in [0.5, 0.6) is 5.75 Å². The molecular formula is C24H32N2O4S. The van der Waals surface area contributed by atoms with Crippen LogP contribution in [0.3, 0.4) is 0 Å². The van der Waals surface area contributed by atoms with Crippen molar-refractivity contribution in [1.29, 1.82) is 0 Å². The zero-order chi connectivity index (χ0) is 22.4. The number of carbonyl (C=O) groups excluding carboxylic acids is 1. The zero-order valence-corrected chi connectivity index (χ0v) is 19.3. The lowest BCUT2D eigenvalue weighted by molar-refractivity contribution is -0.118. The van der Waals surface area contributed by atoms with Gasteiger partial charge in [0.15, 0.2) is 6.61 Å². The summed E-state index contributed by atoms with van der Waals surface area (Å²) in [7, 11) is -3.57. The van der Waals surface area contributed by atoms with Crippen LogP contribution in [0.2, 0.25) is 0 Å². The maximum Gasteiger partial charge on any atom is 0.262 e. The van der Waals surface area contributed by atoms with Crippen molar-refractivity contribution in [1.82, 2.24) is 4.72 Å². The van der Waals surface area contributed by atoms with Crippen LogP contribution in [0.25, 0.3) is 0 Å². The van der Waals surface area contributed by atoms with Crippen LogP contribution in [0.1, 0.15) is 63.0 Å². The number of hydrogen-bond donors (Lipinski definition) is 2. The monoisotopic (exact) mass is 444 g/mol. The summed E-state index contributed by atoms with van der Waals surface area (Å²) in [6.07, 6.45) is 5.05. The first kappa shape index (κ1) is 23.3. The molecule has 0 atom stereocenters. The lowest BCUT2D eigenvalue weighted by Crippen LogP contribution is -2.36. The first-order valence-corrected chi connectivity index (χ1v) is 12.4. The van der Waals surface area contributed by atoms with Gasteiger partial charge in [0.25, 0.3) is 5.91 Å². The standard InChI is InChI=1S/C24H32N2O4S/c1-17(2)19-9-11-20(12-10-19)25-24(27)16-30-23-14-13-22(15-18(23)3)31(28,29)26-21-7-5-4-6-8-21/h9-15,17,21,26H,4-8,16H2,1-3H3,(H,25,27). The molecule has 1 aliphatic carbocycles. The Morgan fingerprint density at radius 1 is 1.06 bits per heavy atom. The minimum atomic E-state index is -3.57. The van der Waals surface area contributed by atoms with Crippen molar-refractivity contribution in [2.45, 2.75) is 69.7 Å². The molecule has 2 aromatic rings.